The summed E-state index contributed by atoms with van der Waals surface area (Å²) in [6.45, 7) is 9.09. The largest absolute Gasteiger partial charge is 0.378 e. The molecule has 0 aliphatic heterocycles. The fourth-order valence-corrected chi connectivity index (χ4v) is 3.95. The second kappa shape index (κ2) is 7.64. The van der Waals surface area contributed by atoms with Crippen LogP contribution in [0.25, 0.3) is 0 Å². The van der Waals surface area contributed by atoms with Crippen LogP contribution in [0.4, 0.5) is 0 Å². The molecule has 19 heavy (non-hydrogen) atoms. The quantitative estimate of drug-likeness (QED) is 0.785. The van der Waals surface area contributed by atoms with Gasteiger partial charge in [-0.15, -0.1) is 0 Å². The van der Waals surface area contributed by atoms with Crippen LogP contribution in [0, 0.1) is 17.8 Å². The Morgan fingerprint density at radius 2 is 1.89 bits per heavy atom. The van der Waals surface area contributed by atoms with Crippen molar-refractivity contribution >= 4 is 0 Å². The minimum Gasteiger partial charge on any atom is -0.378 e. The molecule has 0 bridgehead atoms. The summed E-state index contributed by atoms with van der Waals surface area (Å²) in [5.41, 5.74) is 0. The zero-order chi connectivity index (χ0) is 13.7. The molecule has 0 aromatic heterocycles. The molecule has 112 valence electrons. The molecular weight excluding hydrogens is 234 g/mol. The fourth-order valence-electron chi connectivity index (χ4n) is 3.95. The highest BCUT2D eigenvalue weighted by atomic mass is 16.5. The summed E-state index contributed by atoms with van der Waals surface area (Å²) in [5.74, 6) is 2.60. The van der Waals surface area contributed by atoms with Gasteiger partial charge in [0.1, 0.15) is 0 Å². The Morgan fingerprint density at radius 1 is 1.05 bits per heavy atom. The van der Waals surface area contributed by atoms with Crippen molar-refractivity contribution in [2.45, 2.75) is 77.9 Å². The maximum absolute atomic E-state index is 6.16. The lowest BCUT2D eigenvalue weighted by molar-refractivity contribution is -0.00364. The van der Waals surface area contributed by atoms with Crippen LogP contribution in [-0.2, 0) is 4.74 Å². The number of nitrogens with one attached hydrogen (secondary N) is 1. The van der Waals surface area contributed by atoms with E-state index >= 15 is 0 Å². The van der Waals surface area contributed by atoms with Crippen LogP contribution in [0.2, 0.25) is 0 Å². The average Bonchev–Trinajstić information content (AvgIpc) is 2.82. The van der Waals surface area contributed by atoms with Crippen LogP contribution >= 0.6 is 0 Å². The summed E-state index contributed by atoms with van der Waals surface area (Å²) in [5, 5.41) is 3.64. The van der Waals surface area contributed by atoms with Crippen molar-refractivity contribution in [3.8, 4) is 0 Å². The first kappa shape index (κ1) is 15.3. The number of rotatable bonds is 6. The van der Waals surface area contributed by atoms with Gasteiger partial charge in [-0.3, -0.25) is 0 Å². The van der Waals surface area contributed by atoms with Crippen LogP contribution in [0.1, 0.15) is 65.7 Å². The van der Waals surface area contributed by atoms with E-state index in [1.54, 1.807) is 0 Å². The fraction of sp³-hybridized carbons (Fsp3) is 1.00. The normalized spacial score (nSPS) is 39.6. The maximum atomic E-state index is 6.16. The van der Waals surface area contributed by atoms with Gasteiger partial charge in [0.15, 0.2) is 0 Å². The summed E-state index contributed by atoms with van der Waals surface area (Å²) in [7, 11) is 0. The first-order valence-electron chi connectivity index (χ1n) is 8.55. The smallest absolute Gasteiger partial charge is 0.0577 e. The Hall–Kier alpha value is -0.0800. The molecule has 2 saturated carbocycles. The molecule has 2 rings (SSSR count). The monoisotopic (exact) mass is 267 g/mol. The zero-order valence-corrected chi connectivity index (χ0v) is 13.2. The Labute approximate surface area is 119 Å². The number of hydrogen-bond acceptors (Lipinski definition) is 2. The van der Waals surface area contributed by atoms with E-state index < -0.39 is 0 Å². The first-order valence-corrected chi connectivity index (χ1v) is 8.55. The molecule has 0 aromatic carbocycles. The van der Waals surface area contributed by atoms with Crippen molar-refractivity contribution in [3.63, 3.8) is 0 Å². The van der Waals surface area contributed by atoms with Gasteiger partial charge >= 0.3 is 0 Å². The molecule has 2 aliphatic rings. The van der Waals surface area contributed by atoms with Crippen LogP contribution in [-0.4, -0.2) is 25.3 Å². The van der Waals surface area contributed by atoms with E-state index in [9.17, 15) is 0 Å². The molecular formula is C17H33NO. The topological polar surface area (TPSA) is 21.3 Å². The van der Waals surface area contributed by atoms with E-state index in [1.807, 2.05) is 0 Å². The second-order valence-corrected chi connectivity index (χ2v) is 6.90. The predicted molar refractivity (Wildman–Crippen MR) is 81.3 cm³/mol. The summed E-state index contributed by atoms with van der Waals surface area (Å²) in [6.07, 6.45) is 9.91. The van der Waals surface area contributed by atoms with Crippen molar-refractivity contribution in [1.82, 2.24) is 5.32 Å². The third kappa shape index (κ3) is 4.46. The highest BCUT2D eigenvalue weighted by Crippen LogP contribution is 2.32. The van der Waals surface area contributed by atoms with Crippen molar-refractivity contribution in [2.75, 3.05) is 13.2 Å². The summed E-state index contributed by atoms with van der Waals surface area (Å²) in [6, 6.07) is 0.763. The maximum Gasteiger partial charge on any atom is 0.0577 e. The third-order valence-corrected chi connectivity index (χ3v) is 5.52. The minimum atomic E-state index is 0.546. The van der Waals surface area contributed by atoms with Crippen molar-refractivity contribution in [3.05, 3.63) is 0 Å². The van der Waals surface area contributed by atoms with Crippen LogP contribution in [0.5, 0.6) is 0 Å². The molecule has 2 heteroatoms. The SMILES string of the molecule is CCNC1CCCC1CCOC1CCC(C)C(C)C1. The van der Waals surface area contributed by atoms with E-state index in [-0.39, 0.29) is 0 Å². The molecule has 0 radical (unpaired) electrons. The third-order valence-electron chi connectivity index (χ3n) is 5.52. The number of ether oxygens (including phenoxy) is 1. The van der Waals surface area contributed by atoms with Gasteiger partial charge < -0.3 is 10.1 Å². The van der Waals surface area contributed by atoms with Crippen LogP contribution < -0.4 is 5.32 Å². The summed E-state index contributed by atoms with van der Waals surface area (Å²) < 4.78 is 6.16. The Morgan fingerprint density at radius 3 is 2.63 bits per heavy atom. The molecule has 0 saturated heterocycles. The minimum absolute atomic E-state index is 0.546. The molecule has 0 aromatic rings. The molecule has 1 N–H and O–H groups in total. The van der Waals surface area contributed by atoms with Crippen molar-refractivity contribution in [2.24, 2.45) is 17.8 Å². The van der Waals surface area contributed by atoms with Crippen molar-refractivity contribution < 1.29 is 4.74 Å². The van der Waals surface area contributed by atoms with Crippen molar-refractivity contribution in [1.29, 1.82) is 0 Å². The molecule has 2 aliphatic carbocycles. The van der Waals surface area contributed by atoms with E-state index in [0.29, 0.717) is 6.10 Å². The second-order valence-electron chi connectivity index (χ2n) is 6.90. The van der Waals surface area contributed by atoms with E-state index in [1.165, 1.54) is 44.9 Å². The van der Waals surface area contributed by atoms with Crippen LogP contribution in [0.3, 0.4) is 0 Å². The van der Waals surface area contributed by atoms with Crippen LogP contribution in [0.15, 0.2) is 0 Å². The van der Waals surface area contributed by atoms with Gasteiger partial charge in [0.2, 0.25) is 0 Å². The highest BCUT2D eigenvalue weighted by molar-refractivity contribution is 4.83. The number of hydrogen-bond donors (Lipinski definition) is 1. The molecule has 2 nitrogen and oxygen atoms in total. The molecule has 0 spiro atoms. The average molecular weight is 267 g/mol. The van der Waals surface area contributed by atoms with E-state index in [0.717, 1.165) is 36.9 Å². The molecule has 5 unspecified atom stereocenters. The lowest BCUT2D eigenvalue weighted by Crippen LogP contribution is -2.33. The van der Waals surface area contributed by atoms with Gasteiger partial charge in [0, 0.05) is 12.6 Å². The lowest BCUT2D eigenvalue weighted by Gasteiger charge is -2.32. The van der Waals surface area contributed by atoms with Gasteiger partial charge in [-0.2, -0.15) is 0 Å². The molecule has 2 fully saturated rings. The standard InChI is InChI=1S/C17H33NO/c1-4-18-17-7-5-6-15(17)10-11-19-16-9-8-13(2)14(3)12-16/h13-18H,4-12H2,1-3H3. The Kier molecular flexibility index (Phi) is 6.15. The summed E-state index contributed by atoms with van der Waals surface area (Å²) >= 11 is 0. The van der Waals surface area contributed by atoms with Gasteiger partial charge in [-0.25, -0.2) is 0 Å². The highest BCUT2D eigenvalue weighted by Gasteiger charge is 2.28. The van der Waals surface area contributed by atoms with E-state index in [4.69, 9.17) is 4.74 Å². The van der Waals surface area contributed by atoms with Gasteiger partial charge in [-0.1, -0.05) is 27.2 Å². The van der Waals surface area contributed by atoms with Gasteiger partial charge in [0.25, 0.3) is 0 Å². The molecule has 0 heterocycles. The Balaban J connectivity index is 1.63. The Bertz CT molecular complexity index is 256. The zero-order valence-electron chi connectivity index (χ0n) is 13.2. The predicted octanol–water partition coefficient (Wildman–Crippen LogP) is 4.00. The lowest BCUT2D eigenvalue weighted by atomic mass is 9.80. The van der Waals surface area contributed by atoms with Gasteiger partial charge in [-0.05, 0) is 62.8 Å². The van der Waals surface area contributed by atoms with E-state index in [2.05, 4.69) is 26.1 Å². The van der Waals surface area contributed by atoms with Gasteiger partial charge in [0.05, 0.1) is 6.10 Å². The molecule has 5 atom stereocenters. The summed E-state index contributed by atoms with van der Waals surface area (Å²) in [4.78, 5) is 0. The molecule has 0 amide bonds. The first-order chi connectivity index (χ1) is 9.20.